The lowest BCUT2D eigenvalue weighted by Gasteiger charge is -2.15. The molecule has 4 heteroatoms. The molecule has 3 aromatic rings. The number of hydrogen-bond donors (Lipinski definition) is 1. The molecule has 0 unspecified atom stereocenters. The van der Waals surface area contributed by atoms with E-state index in [4.69, 9.17) is 4.74 Å². The predicted molar refractivity (Wildman–Crippen MR) is 97.1 cm³/mol. The molecule has 0 aliphatic heterocycles. The summed E-state index contributed by atoms with van der Waals surface area (Å²) in [5.74, 6) is 0.789. The maximum Gasteiger partial charge on any atom is 0.145 e. The standard InChI is InChI=1S/C19H21N3O/c1-13-12-17(16-6-5-7-18(23-4)19(16)20-13)21-14-8-10-15(11-9-14)22(2)3/h5-12H,1-4H3,(H,20,21). The zero-order chi connectivity index (χ0) is 16.4. The molecule has 4 nitrogen and oxygen atoms in total. The molecule has 0 radical (unpaired) electrons. The number of rotatable bonds is 4. The van der Waals surface area contributed by atoms with Crippen molar-refractivity contribution < 1.29 is 4.74 Å². The Hall–Kier alpha value is -2.75. The van der Waals surface area contributed by atoms with Gasteiger partial charge in [0.1, 0.15) is 11.3 Å². The van der Waals surface area contributed by atoms with Gasteiger partial charge in [0, 0.05) is 42.2 Å². The van der Waals surface area contributed by atoms with Gasteiger partial charge in [0.05, 0.1) is 7.11 Å². The van der Waals surface area contributed by atoms with Crippen LogP contribution in [-0.2, 0) is 0 Å². The minimum atomic E-state index is 0.789. The Morgan fingerprint density at radius 2 is 1.78 bits per heavy atom. The second-order valence-corrected chi connectivity index (χ2v) is 5.73. The van der Waals surface area contributed by atoms with Gasteiger partial charge in [-0.05, 0) is 43.3 Å². The molecule has 0 spiro atoms. The third-order valence-electron chi connectivity index (χ3n) is 3.81. The number of aromatic nitrogens is 1. The van der Waals surface area contributed by atoms with Gasteiger partial charge in [-0.3, -0.25) is 0 Å². The fourth-order valence-corrected chi connectivity index (χ4v) is 2.62. The first kappa shape index (κ1) is 15.2. The maximum atomic E-state index is 5.43. The van der Waals surface area contributed by atoms with E-state index in [0.29, 0.717) is 0 Å². The van der Waals surface area contributed by atoms with Gasteiger partial charge in [0.2, 0.25) is 0 Å². The Morgan fingerprint density at radius 3 is 2.43 bits per heavy atom. The van der Waals surface area contributed by atoms with Crippen molar-refractivity contribution in [3.05, 3.63) is 54.2 Å². The molecule has 1 aromatic heterocycles. The van der Waals surface area contributed by atoms with Gasteiger partial charge in [0.15, 0.2) is 0 Å². The normalized spacial score (nSPS) is 10.6. The summed E-state index contributed by atoms with van der Waals surface area (Å²) in [6.07, 6.45) is 0. The monoisotopic (exact) mass is 307 g/mol. The van der Waals surface area contributed by atoms with E-state index in [9.17, 15) is 0 Å². The lowest BCUT2D eigenvalue weighted by Crippen LogP contribution is -2.08. The number of aryl methyl sites for hydroxylation is 1. The first-order valence-electron chi connectivity index (χ1n) is 7.57. The highest BCUT2D eigenvalue weighted by atomic mass is 16.5. The van der Waals surface area contributed by atoms with Crippen LogP contribution in [0.2, 0.25) is 0 Å². The first-order valence-corrected chi connectivity index (χ1v) is 7.57. The lowest BCUT2D eigenvalue weighted by atomic mass is 10.1. The summed E-state index contributed by atoms with van der Waals surface area (Å²) < 4.78 is 5.43. The highest BCUT2D eigenvalue weighted by Gasteiger charge is 2.09. The van der Waals surface area contributed by atoms with Crippen molar-refractivity contribution in [2.45, 2.75) is 6.92 Å². The van der Waals surface area contributed by atoms with E-state index in [2.05, 4.69) is 51.6 Å². The van der Waals surface area contributed by atoms with Crippen LogP contribution in [-0.4, -0.2) is 26.2 Å². The second-order valence-electron chi connectivity index (χ2n) is 5.73. The largest absolute Gasteiger partial charge is 0.494 e. The van der Waals surface area contributed by atoms with E-state index in [-0.39, 0.29) is 0 Å². The minimum absolute atomic E-state index is 0.789. The van der Waals surface area contributed by atoms with Crippen LogP contribution in [0.1, 0.15) is 5.69 Å². The summed E-state index contributed by atoms with van der Waals surface area (Å²) in [7, 11) is 5.74. The van der Waals surface area contributed by atoms with E-state index in [0.717, 1.165) is 33.7 Å². The highest BCUT2D eigenvalue weighted by Crippen LogP contribution is 2.31. The summed E-state index contributed by atoms with van der Waals surface area (Å²) in [6, 6.07) is 16.4. The third-order valence-corrected chi connectivity index (χ3v) is 3.81. The van der Waals surface area contributed by atoms with Crippen LogP contribution in [0.15, 0.2) is 48.5 Å². The quantitative estimate of drug-likeness (QED) is 0.777. The molecule has 0 aliphatic carbocycles. The lowest BCUT2D eigenvalue weighted by molar-refractivity contribution is 0.419. The van der Waals surface area contributed by atoms with Crippen molar-refractivity contribution in [1.29, 1.82) is 0 Å². The zero-order valence-corrected chi connectivity index (χ0v) is 13.9. The van der Waals surface area contributed by atoms with E-state index in [1.807, 2.05) is 33.2 Å². The summed E-state index contributed by atoms with van der Waals surface area (Å²) in [6.45, 7) is 1.99. The number of nitrogens with zero attached hydrogens (tertiary/aromatic N) is 2. The fraction of sp³-hybridized carbons (Fsp3) is 0.211. The summed E-state index contributed by atoms with van der Waals surface area (Å²) >= 11 is 0. The van der Waals surface area contributed by atoms with Crippen LogP contribution in [0.5, 0.6) is 5.75 Å². The van der Waals surface area contributed by atoms with Gasteiger partial charge in [0.25, 0.3) is 0 Å². The number of pyridine rings is 1. The summed E-state index contributed by atoms with van der Waals surface area (Å²) in [5, 5.41) is 4.54. The van der Waals surface area contributed by atoms with Crippen molar-refractivity contribution >= 4 is 28.0 Å². The van der Waals surface area contributed by atoms with Gasteiger partial charge < -0.3 is 15.0 Å². The van der Waals surface area contributed by atoms with Crippen molar-refractivity contribution in [1.82, 2.24) is 4.98 Å². The smallest absolute Gasteiger partial charge is 0.145 e. The maximum absolute atomic E-state index is 5.43. The summed E-state index contributed by atoms with van der Waals surface area (Å²) in [4.78, 5) is 6.70. The molecule has 1 heterocycles. The number of benzene rings is 2. The molecule has 118 valence electrons. The van der Waals surface area contributed by atoms with Crippen molar-refractivity contribution in [2.24, 2.45) is 0 Å². The van der Waals surface area contributed by atoms with E-state index in [1.54, 1.807) is 7.11 Å². The van der Waals surface area contributed by atoms with Gasteiger partial charge in [-0.2, -0.15) is 0 Å². The van der Waals surface area contributed by atoms with Gasteiger partial charge in [-0.25, -0.2) is 4.98 Å². The Balaban J connectivity index is 2.02. The molecule has 0 fully saturated rings. The second kappa shape index (κ2) is 6.16. The highest BCUT2D eigenvalue weighted by molar-refractivity contribution is 5.96. The van der Waals surface area contributed by atoms with Crippen molar-refractivity contribution in [2.75, 3.05) is 31.4 Å². The average Bonchev–Trinajstić information content (AvgIpc) is 2.54. The molecule has 0 amide bonds. The molecule has 1 N–H and O–H groups in total. The Bertz CT molecular complexity index is 826. The van der Waals surface area contributed by atoms with Gasteiger partial charge in [-0.15, -0.1) is 0 Å². The molecule has 0 bridgehead atoms. The molecular formula is C19H21N3O. The number of methoxy groups -OCH3 is 1. The molecule has 2 aromatic carbocycles. The van der Waals surface area contributed by atoms with Crippen LogP contribution < -0.4 is 15.0 Å². The zero-order valence-electron chi connectivity index (χ0n) is 13.9. The van der Waals surface area contributed by atoms with E-state index in [1.165, 1.54) is 5.69 Å². The number of hydrogen-bond acceptors (Lipinski definition) is 4. The average molecular weight is 307 g/mol. The predicted octanol–water partition coefficient (Wildman–Crippen LogP) is 4.36. The molecule has 0 aliphatic rings. The number of fused-ring (bicyclic) bond motifs is 1. The summed E-state index contributed by atoms with van der Waals surface area (Å²) in [5.41, 5.74) is 5.08. The first-order chi connectivity index (χ1) is 11.1. The SMILES string of the molecule is COc1cccc2c(Nc3ccc(N(C)C)cc3)cc(C)nc12. The van der Waals surface area contributed by atoms with Crippen LogP contribution >= 0.6 is 0 Å². The number of para-hydroxylation sites is 1. The van der Waals surface area contributed by atoms with Gasteiger partial charge in [-0.1, -0.05) is 12.1 Å². The molecule has 0 saturated carbocycles. The van der Waals surface area contributed by atoms with Crippen LogP contribution in [0, 0.1) is 6.92 Å². The molecule has 0 saturated heterocycles. The molecule has 3 rings (SSSR count). The van der Waals surface area contributed by atoms with Crippen LogP contribution in [0.4, 0.5) is 17.1 Å². The molecular weight excluding hydrogens is 286 g/mol. The van der Waals surface area contributed by atoms with Crippen molar-refractivity contribution in [3.8, 4) is 5.75 Å². The fourth-order valence-electron chi connectivity index (χ4n) is 2.62. The number of ether oxygens (including phenoxy) is 1. The van der Waals surface area contributed by atoms with E-state index >= 15 is 0 Å². The van der Waals surface area contributed by atoms with E-state index < -0.39 is 0 Å². The third kappa shape index (κ3) is 3.06. The van der Waals surface area contributed by atoms with Crippen LogP contribution in [0.3, 0.4) is 0 Å². The number of anilines is 3. The minimum Gasteiger partial charge on any atom is -0.494 e. The Morgan fingerprint density at radius 1 is 1.04 bits per heavy atom. The number of nitrogens with one attached hydrogen (secondary N) is 1. The van der Waals surface area contributed by atoms with Gasteiger partial charge >= 0.3 is 0 Å². The van der Waals surface area contributed by atoms with Crippen LogP contribution in [0.25, 0.3) is 10.9 Å². The Labute approximate surface area is 136 Å². The molecule has 23 heavy (non-hydrogen) atoms. The van der Waals surface area contributed by atoms with Crippen molar-refractivity contribution in [3.63, 3.8) is 0 Å². The topological polar surface area (TPSA) is 37.4 Å². The Kier molecular flexibility index (Phi) is 4.06. The molecule has 0 atom stereocenters.